The highest BCUT2D eigenvalue weighted by atomic mass is 35.5. The third kappa shape index (κ3) is 3.29. The maximum atomic E-state index is 12.2. The smallest absolute Gasteiger partial charge is 0.340 e. The molecule has 0 bridgehead atoms. The van der Waals surface area contributed by atoms with Crippen LogP contribution in [0.3, 0.4) is 0 Å². The zero-order valence-corrected chi connectivity index (χ0v) is 14.2. The van der Waals surface area contributed by atoms with Gasteiger partial charge < -0.3 is 14.6 Å². The number of benzene rings is 1. The third-order valence-corrected chi connectivity index (χ3v) is 3.90. The van der Waals surface area contributed by atoms with Crippen molar-refractivity contribution in [2.24, 2.45) is 0 Å². The standard InChI is InChI=1S/C16H13ClN2O6/c1-7-12(15(20)21)14(13(8(2)18-7)16(22)25-3)9-4-5-10(17)11(6-9)19(23)24/h4-6H,1-3H3,(H,20,21)/p-1. The predicted molar refractivity (Wildman–Crippen MR) is 86.5 cm³/mol. The van der Waals surface area contributed by atoms with Crippen LogP contribution in [-0.2, 0) is 4.74 Å². The van der Waals surface area contributed by atoms with Gasteiger partial charge in [-0.05, 0) is 25.5 Å². The molecule has 0 aliphatic carbocycles. The molecule has 1 aromatic heterocycles. The highest BCUT2D eigenvalue weighted by Gasteiger charge is 2.25. The van der Waals surface area contributed by atoms with Gasteiger partial charge in [-0.2, -0.15) is 0 Å². The molecule has 1 heterocycles. The van der Waals surface area contributed by atoms with Crippen molar-refractivity contribution in [3.05, 3.63) is 55.9 Å². The van der Waals surface area contributed by atoms with E-state index in [1.807, 2.05) is 0 Å². The van der Waals surface area contributed by atoms with Crippen molar-refractivity contribution in [1.29, 1.82) is 0 Å². The van der Waals surface area contributed by atoms with Crippen molar-refractivity contribution in [2.45, 2.75) is 13.8 Å². The Bertz CT molecular complexity index is 910. The first-order valence-corrected chi connectivity index (χ1v) is 7.32. The van der Waals surface area contributed by atoms with Crippen LogP contribution in [0.4, 0.5) is 5.69 Å². The topological polar surface area (TPSA) is 122 Å². The van der Waals surface area contributed by atoms with E-state index < -0.39 is 22.5 Å². The Hall–Kier alpha value is -3.00. The third-order valence-electron chi connectivity index (χ3n) is 3.58. The Labute approximate surface area is 147 Å². The normalized spacial score (nSPS) is 10.4. The van der Waals surface area contributed by atoms with Crippen LogP contribution in [0.1, 0.15) is 32.1 Å². The van der Waals surface area contributed by atoms with Crippen LogP contribution in [0.25, 0.3) is 11.1 Å². The molecule has 8 nitrogen and oxygen atoms in total. The van der Waals surface area contributed by atoms with E-state index in [4.69, 9.17) is 16.3 Å². The highest BCUT2D eigenvalue weighted by molar-refractivity contribution is 6.32. The number of rotatable bonds is 4. The van der Waals surface area contributed by atoms with Gasteiger partial charge in [0.1, 0.15) is 5.02 Å². The van der Waals surface area contributed by atoms with E-state index in [1.54, 1.807) is 0 Å². The van der Waals surface area contributed by atoms with Gasteiger partial charge in [0.2, 0.25) is 0 Å². The number of aromatic nitrogens is 1. The van der Waals surface area contributed by atoms with Gasteiger partial charge in [-0.3, -0.25) is 15.1 Å². The summed E-state index contributed by atoms with van der Waals surface area (Å²) in [6.07, 6.45) is 0. The molecule has 0 aliphatic heterocycles. The van der Waals surface area contributed by atoms with Gasteiger partial charge in [-0.25, -0.2) is 4.79 Å². The summed E-state index contributed by atoms with van der Waals surface area (Å²) < 4.78 is 4.70. The Kier molecular flexibility index (Phi) is 5.03. The van der Waals surface area contributed by atoms with E-state index in [9.17, 15) is 24.8 Å². The second-order valence-electron chi connectivity index (χ2n) is 5.11. The molecule has 0 spiro atoms. The van der Waals surface area contributed by atoms with Gasteiger partial charge in [0, 0.05) is 22.9 Å². The first-order chi connectivity index (χ1) is 11.7. The number of halogens is 1. The predicted octanol–water partition coefficient (Wildman–Crippen LogP) is 2.08. The van der Waals surface area contributed by atoms with Gasteiger partial charge in [0.25, 0.3) is 5.69 Å². The molecule has 0 atom stereocenters. The van der Waals surface area contributed by atoms with Crippen LogP contribution >= 0.6 is 11.6 Å². The number of carboxylic acid groups (broad SMARTS) is 1. The zero-order chi connectivity index (χ0) is 18.9. The molecule has 0 radical (unpaired) electrons. The lowest BCUT2D eigenvalue weighted by Crippen LogP contribution is -2.26. The number of carbonyl (C=O) groups is 2. The van der Waals surface area contributed by atoms with Gasteiger partial charge >= 0.3 is 5.97 Å². The fraction of sp³-hybridized carbons (Fsp3) is 0.188. The van der Waals surface area contributed by atoms with Gasteiger partial charge in [0.05, 0.1) is 29.3 Å². The fourth-order valence-electron chi connectivity index (χ4n) is 2.55. The van der Waals surface area contributed by atoms with E-state index in [-0.39, 0.29) is 38.7 Å². The maximum Gasteiger partial charge on any atom is 0.340 e. The summed E-state index contributed by atoms with van der Waals surface area (Å²) in [7, 11) is 1.13. The van der Waals surface area contributed by atoms with Crippen LogP contribution < -0.4 is 5.11 Å². The van der Waals surface area contributed by atoms with E-state index in [2.05, 4.69) is 4.98 Å². The number of hydrogen-bond acceptors (Lipinski definition) is 7. The molecular formula is C16H12ClN2O6-. The number of aryl methyl sites for hydroxylation is 2. The number of esters is 1. The van der Waals surface area contributed by atoms with Crippen molar-refractivity contribution < 1.29 is 24.4 Å². The average Bonchev–Trinajstić information content (AvgIpc) is 2.53. The lowest BCUT2D eigenvalue weighted by Gasteiger charge is -2.18. The van der Waals surface area contributed by atoms with E-state index in [0.29, 0.717) is 0 Å². The quantitative estimate of drug-likeness (QED) is 0.462. The van der Waals surface area contributed by atoms with Crippen molar-refractivity contribution in [3.63, 3.8) is 0 Å². The Morgan fingerprint density at radius 3 is 2.32 bits per heavy atom. The minimum Gasteiger partial charge on any atom is -0.545 e. The number of methoxy groups -OCH3 is 1. The molecular weight excluding hydrogens is 352 g/mol. The van der Waals surface area contributed by atoms with Crippen LogP contribution in [0.15, 0.2) is 18.2 Å². The second-order valence-corrected chi connectivity index (χ2v) is 5.52. The molecule has 0 fully saturated rings. The lowest BCUT2D eigenvalue weighted by molar-refractivity contribution is -0.384. The summed E-state index contributed by atoms with van der Waals surface area (Å²) in [5.74, 6) is -2.39. The van der Waals surface area contributed by atoms with Crippen molar-refractivity contribution in [1.82, 2.24) is 4.98 Å². The molecule has 2 aromatic rings. The van der Waals surface area contributed by atoms with Crippen LogP contribution in [0, 0.1) is 24.0 Å². The molecule has 25 heavy (non-hydrogen) atoms. The second kappa shape index (κ2) is 6.86. The summed E-state index contributed by atoms with van der Waals surface area (Å²) >= 11 is 5.80. The summed E-state index contributed by atoms with van der Waals surface area (Å²) in [4.78, 5) is 38.2. The molecule has 0 aliphatic rings. The summed E-state index contributed by atoms with van der Waals surface area (Å²) in [5.41, 5.74) is -0.487. The molecule has 2 rings (SSSR count). The zero-order valence-electron chi connectivity index (χ0n) is 13.5. The van der Waals surface area contributed by atoms with Crippen molar-refractivity contribution in [3.8, 4) is 11.1 Å². The number of hydrogen-bond donors (Lipinski definition) is 0. The molecule has 1 aromatic carbocycles. The van der Waals surface area contributed by atoms with Gasteiger partial charge in [-0.15, -0.1) is 0 Å². The Balaban J connectivity index is 2.96. The summed E-state index contributed by atoms with van der Waals surface area (Å²) in [5, 5.41) is 22.6. The first kappa shape index (κ1) is 18.3. The maximum absolute atomic E-state index is 12.2. The molecule has 0 saturated heterocycles. The lowest BCUT2D eigenvalue weighted by atomic mass is 9.92. The van der Waals surface area contributed by atoms with Crippen molar-refractivity contribution in [2.75, 3.05) is 7.11 Å². The molecule has 0 N–H and O–H groups in total. The summed E-state index contributed by atoms with van der Waals surface area (Å²) in [6.45, 7) is 2.94. The molecule has 0 saturated carbocycles. The van der Waals surface area contributed by atoms with E-state index >= 15 is 0 Å². The molecule has 0 unspecified atom stereocenters. The van der Waals surface area contributed by atoms with Gasteiger partial charge in [0.15, 0.2) is 0 Å². The molecule has 130 valence electrons. The van der Waals surface area contributed by atoms with Crippen LogP contribution in [0.5, 0.6) is 0 Å². The minimum absolute atomic E-state index is 0.0587. The Morgan fingerprint density at radius 1 is 1.20 bits per heavy atom. The average molecular weight is 364 g/mol. The van der Waals surface area contributed by atoms with Crippen molar-refractivity contribution >= 4 is 29.2 Å². The number of nitro benzene ring substituents is 1. The first-order valence-electron chi connectivity index (χ1n) is 6.94. The van der Waals surface area contributed by atoms with Gasteiger partial charge in [-0.1, -0.05) is 17.7 Å². The minimum atomic E-state index is -1.57. The number of nitro groups is 1. The van der Waals surface area contributed by atoms with Crippen LogP contribution in [0.2, 0.25) is 5.02 Å². The molecule has 0 amide bonds. The van der Waals surface area contributed by atoms with E-state index in [0.717, 1.165) is 13.2 Å². The fourth-order valence-corrected chi connectivity index (χ4v) is 2.74. The van der Waals surface area contributed by atoms with Crippen LogP contribution in [-0.4, -0.2) is 29.0 Å². The monoisotopic (exact) mass is 363 g/mol. The number of carboxylic acids is 1. The highest BCUT2D eigenvalue weighted by Crippen LogP contribution is 2.36. The number of ether oxygens (including phenoxy) is 1. The summed E-state index contributed by atoms with van der Waals surface area (Å²) in [6, 6.07) is 3.72. The largest absolute Gasteiger partial charge is 0.545 e. The number of nitrogens with zero attached hydrogens (tertiary/aromatic N) is 2. The van der Waals surface area contributed by atoms with E-state index in [1.165, 1.54) is 26.0 Å². The number of pyridine rings is 1. The molecule has 9 heteroatoms. The Morgan fingerprint density at radius 2 is 1.80 bits per heavy atom. The number of aromatic carboxylic acids is 1. The number of carbonyl (C=O) groups excluding carboxylic acids is 2. The SMILES string of the molecule is COC(=O)c1c(C)nc(C)c(C(=O)[O-])c1-c1ccc(Cl)c([N+](=O)[O-])c1.